The van der Waals surface area contributed by atoms with Crippen molar-refractivity contribution in [2.45, 2.75) is 0 Å². The lowest BCUT2D eigenvalue weighted by Crippen LogP contribution is -2.23. The van der Waals surface area contributed by atoms with Gasteiger partial charge in [0.05, 0.1) is 4.92 Å². The number of esters is 1. The van der Waals surface area contributed by atoms with Crippen molar-refractivity contribution in [1.82, 2.24) is 0 Å². The van der Waals surface area contributed by atoms with Crippen LogP contribution in [0.15, 0.2) is 48.5 Å². The zero-order chi connectivity index (χ0) is 18.2. The molecule has 1 N–H and O–H groups in total. The van der Waals surface area contributed by atoms with Gasteiger partial charge >= 0.3 is 5.97 Å². The van der Waals surface area contributed by atoms with Crippen molar-refractivity contribution in [2.24, 2.45) is 0 Å². The van der Waals surface area contributed by atoms with E-state index in [1.54, 1.807) is 18.2 Å². The van der Waals surface area contributed by atoms with Gasteiger partial charge < -0.3 is 14.8 Å². The minimum absolute atomic E-state index is 0.0948. The molecule has 2 aromatic rings. The molecule has 0 aromatic heterocycles. The van der Waals surface area contributed by atoms with Crippen LogP contribution in [0.2, 0.25) is 5.02 Å². The van der Waals surface area contributed by atoms with E-state index in [0.29, 0.717) is 16.5 Å². The number of amides is 1. The second-order valence-electron chi connectivity index (χ2n) is 4.76. The van der Waals surface area contributed by atoms with E-state index in [0.717, 1.165) is 0 Å². The Kier molecular flexibility index (Phi) is 6.30. The first kappa shape index (κ1) is 18.2. The van der Waals surface area contributed by atoms with Crippen LogP contribution in [0.3, 0.4) is 0 Å². The average molecular weight is 365 g/mol. The number of halogens is 1. The maximum Gasteiger partial charge on any atom is 0.344 e. The van der Waals surface area contributed by atoms with Gasteiger partial charge in [-0.15, -0.1) is 0 Å². The van der Waals surface area contributed by atoms with E-state index >= 15 is 0 Å². The number of rotatable bonds is 7. The second kappa shape index (κ2) is 8.65. The fraction of sp³-hybridized carbons (Fsp3) is 0.125. The molecule has 0 aliphatic heterocycles. The normalized spacial score (nSPS) is 9.96. The SMILES string of the molecule is O=C(COC(=O)COc1cccc(Cl)c1)Nc1ccc([N+](=O)[O-])cc1. The average Bonchev–Trinajstić information content (AvgIpc) is 2.58. The van der Waals surface area contributed by atoms with Crippen LogP contribution >= 0.6 is 11.6 Å². The molecule has 0 saturated heterocycles. The van der Waals surface area contributed by atoms with E-state index in [1.165, 1.54) is 30.3 Å². The number of carbonyl (C=O) groups is 2. The van der Waals surface area contributed by atoms with Crippen molar-refractivity contribution in [2.75, 3.05) is 18.5 Å². The third-order valence-corrected chi connectivity index (χ3v) is 3.11. The summed E-state index contributed by atoms with van der Waals surface area (Å²) in [5.41, 5.74) is 0.254. The Morgan fingerprint density at radius 2 is 1.84 bits per heavy atom. The molecule has 0 radical (unpaired) electrons. The molecule has 130 valence electrons. The lowest BCUT2D eigenvalue weighted by molar-refractivity contribution is -0.384. The number of nitro groups is 1. The van der Waals surface area contributed by atoms with Gasteiger partial charge in [-0.25, -0.2) is 4.79 Å². The van der Waals surface area contributed by atoms with Gasteiger partial charge in [-0.05, 0) is 30.3 Å². The molecule has 0 aliphatic rings. The zero-order valence-corrected chi connectivity index (χ0v) is 13.6. The van der Waals surface area contributed by atoms with E-state index in [-0.39, 0.29) is 12.3 Å². The van der Waals surface area contributed by atoms with Crippen molar-refractivity contribution in [3.05, 3.63) is 63.7 Å². The van der Waals surface area contributed by atoms with E-state index in [4.69, 9.17) is 21.1 Å². The highest BCUT2D eigenvalue weighted by molar-refractivity contribution is 6.30. The highest BCUT2D eigenvalue weighted by Crippen LogP contribution is 2.17. The van der Waals surface area contributed by atoms with Gasteiger partial charge in [-0.1, -0.05) is 17.7 Å². The van der Waals surface area contributed by atoms with Gasteiger partial charge in [0.1, 0.15) is 5.75 Å². The van der Waals surface area contributed by atoms with Crippen molar-refractivity contribution in [3.8, 4) is 5.75 Å². The van der Waals surface area contributed by atoms with Crippen LogP contribution in [0.1, 0.15) is 0 Å². The van der Waals surface area contributed by atoms with Gasteiger partial charge in [0.15, 0.2) is 13.2 Å². The van der Waals surface area contributed by atoms with Crippen LogP contribution < -0.4 is 10.1 Å². The van der Waals surface area contributed by atoms with Crippen LogP contribution in [0.5, 0.6) is 5.75 Å². The molecule has 1 amide bonds. The van der Waals surface area contributed by atoms with Crippen molar-refractivity contribution in [1.29, 1.82) is 0 Å². The Morgan fingerprint density at radius 3 is 2.48 bits per heavy atom. The zero-order valence-electron chi connectivity index (χ0n) is 12.8. The molecule has 8 nitrogen and oxygen atoms in total. The highest BCUT2D eigenvalue weighted by Gasteiger charge is 2.10. The second-order valence-corrected chi connectivity index (χ2v) is 5.20. The minimum Gasteiger partial charge on any atom is -0.482 e. The maximum absolute atomic E-state index is 11.7. The molecule has 0 fully saturated rings. The first-order valence-electron chi connectivity index (χ1n) is 7.02. The van der Waals surface area contributed by atoms with Gasteiger partial charge in [0.25, 0.3) is 11.6 Å². The standard InChI is InChI=1S/C16H13ClN2O6/c17-11-2-1-3-14(8-11)24-10-16(21)25-9-15(20)18-12-4-6-13(7-5-12)19(22)23/h1-8H,9-10H2,(H,18,20). The molecule has 0 bridgehead atoms. The monoisotopic (exact) mass is 364 g/mol. The Hall–Kier alpha value is -3.13. The number of anilines is 1. The topological polar surface area (TPSA) is 108 Å². The molecule has 0 spiro atoms. The molecule has 0 heterocycles. The molecule has 2 rings (SSSR count). The van der Waals surface area contributed by atoms with Gasteiger partial charge in [0, 0.05) is 22.8 Å². The number of nitrogens with zero attached hydrogens (tertiary/aromatic N) is 1. The molecule has 25 heavy (non-hydrogen) atoms. The predicted octanol–water partition coefficient (Wildman–Crippen LogP) is 2.81. The van der Waals surface area contributed by atoms with Crippen LogP contribution in [-0.4, -0.2) is 30.0 Å². The van der Waals surface area contributed by atoms with Gasteiger partial charge in [0.2, 0.25) is 0 Å². The summed E-state index contributed by atoms with van der Waals surface area (Å²) < 4.78 is 9.95. The summed E-state index contributed by atoms with van der Waals surface area (Å²) in [5.74, 6) is -0.899. The van der Waals surface area contributed by atoms with Crippen molar-refractivity contribution < 1.29 is 24.0 Å². The first-order chi connectivity index (χ1) is 11.9. The van der Waals surface area contributed by atoms with Crippen LogP contribution in [0.4, 0.5) is 11.4 Å². The van der Waals surface area contributed by atoms with E-state index in [9.17, 15) is 19.7 Å². The maximum atomic E-state index is 11.7. The molecule has 0 atom stereocenters. The van der Waals surface area contributed by atoms with Crippen molar-refractivity contribution >= 4 is 34.9 Å². The quantitative estimate of drug-likeness (QED) is 0.460. The molecule has 0 unspecified atom stereocenters. The number of carbonyl (C=O) groups excluding carboxylic acids is 2. The van der Waals surface area contributed by atoms with E-state index in [1.807, 2.05) is 0 Å². The Labute approximate surface area is 147 Å². The number of hydrogen-bond donors (Lipinski definition) is 1. The summed E-state index contributed by atoms with van der Waals surface area (Å²) in [7, 11) is 0. The number of ether oxygens (including phenoxy) is 2. The van der Waals surface area contributed by atoms with Crippen LogP contribution in [0.25, 0.3) is 0 Å². The molecule has 0 saturated carbocycles. The summed E-state index contributed by atoms with van der Waals surface area (Å²) in [5, 5.41) is 13.4. The number of nitro benzene ring substituents is 1. The van der Waals surface area contributed by atoms with Gasteiger partial charge in [-0.2, -0.15) is 0 Å². The summed E-state index contributed by atoms with van der Waals surface area (Å²) in [6.07, 6.45) is 0. The number of non-ortho nitro benzene ring substituents is 1. The lowest BCUT2D eigenvalue weighted by atomic mass is 10.3. The minimum atomic E-state index is -0.723. The number of nitrogens with one attached hydrogen (secondary N) is 1. The highest BCUT2D eigenvalue weighted by atomic mass is 35.5. The molecular weight excluding hydrogens is 352 g/mol. The third kappa shape index (κ3) is 6.11. The fourth-order valence-electron chi connectivity index (χ4n) is 1.75. The number of hydrogen-bond acceptors (Lipinski definition) is 6. The molecule has 2 aromatic carbocycles. The fourth-order valence-corrected chi connectivity index (χ4v) is 1.93. The smallest absolute Gasteiger partial charge is 0.344 e. The summed E-state index contributed by atoms with van der Waals surface area (Å²) in [6.45, 7) is -0.875. The Bertz CT molecular complexity index is 778. The van der Waals surface area contributed by atoms with Crippen LogP contribution in [-0.2, 0) is 14.3 Å². The van der Waals surface area contributed by atoms with Crippen LogP contribution in [0, 0.1) is 10.1 Å². The summed E-state index contributed by atoms with van der Waals surface area (Å²) in [6, 6.07) is 11.7. The largest absolute Gasteiger partial charge is 0.482 e. The third-order valence-electron chi connectivity index (χ3n) is 2.88. The van der Waals surface area contributed by atoms with E-state index < -0.39 is 23.4 Å². The molecule has 0 aliphatic carbocycles. The van der Waals surface area contributed by atoms with E-state index in [2.05, 4.69) is 5.32 Å². The summed E-state index contributed by atoms with van der Waals surface area (Å²) >= 11 is 5.78. The van der Waals surface area contributed by atoms with Crippen molar-refractivity contribution in [3.63, 3.8) is 0 Å². The van der Waals surface area contributed by atoms with Gasteiger partial charge in [-0.3, -0.25) is 14.9 Å². The Morgan fingerprint density at radius 1 is 1.12 bits per heavy atom. The predicted molar refractivity (Wildman–Crippen MR) is 89.6 cm³/mol. The lowest BCUT2D eigenvalue weighted by Gasteiger charge is -2.08. The summed E-state index contributed by atoms with van der Waals surface area (Å²) in [4.78, 5) is 33.2. The molecular formula is C16H13ClN2O6. The molecule has 9 heteroatoms. The number of benzene rings is 2. The Balaban J connectivity index is 1.73. The first-order valence-corrected chi connectivity index (χ1v) is 7.40.